The molecule has 0 fully saturated rings. The van der Waals surface area contributed by atoms with Gasteiger partial charge in [0.15, 0.2) is 0 Å². The van der Waals surface area contributed by atoms with Crippen molar-refractivity contribution in [2.75, 3.05) is 13.7 Å². The van der Waals surface area contributed by atoms with E-state index in [4.69, 9.17) is 0 Å². The molecular weight excluding hydrogens is 154 g/mol. The van der Waals surface area contributed by atoms with Crippen LogP contribution in [-0.4, -0.2) is 19.7 Å². The zero-order valence-electron chi connectivity index (χ0n) is 8.60. The van der Waals surface area contributed by atoms with E-state index in [0.29, 0.717) is 12.5 Å². The molecule has 0 aliphatic rings. The Hall–Kier alpha value is -0.730. The van der Waals surface area contributed by atoms with Gasteiger partial charge >= 0.3 is 6.09 Å². The fourth-order valence-corrected chi connectivity index (χ4v) is 0.615. The lowest BCUT2D eigenvalue weighted by molar-refractivity contribution is 0.163. The average molecular weight is 173 g/mol. The fraction of sp³-hybridized carbons (Fsp3) is 0.889. The van der Waals surface area contributed by atoms with Crippen molar-refractivity contribution in [3.8, 4) is 0 Å². The minimum atomic E-state index is -0.355. The Kier molecular flexibility index (Phi) is 4.07. The van der Waals surface area contributed by atoms with Crippen LogP contribution in [0.5, 0.6) is 0 Å². The highest BCUT2D eigenvalue weighted by Crippen LogP contribution is 2.24. The summed E-state index contributed by atoms with van der Waals surface area (Å²) >= 11 is 0. The molecule has 0 aromatic heterocycles. The average Bonchev–Trinajstić information content (AvgIpc) is 1.97. The summed E-state index contributed by atoms with van der Waals surface area (Å²) in [5, 5.41) is 2.68. The van der Waals surface area contributed by atoms with Crippen molar-refractivity contribution in [2.45, 2.75) is 27.7 Å². The minimum absolute atomic E-state index is 0.223. The second-order valence-corrected chi connectivity index (χ2v) is 4.14. The lowest BCUT2D eigenvalue weighted by atomic mass is 9.82. The van der Waals surface area contributed by atoms with Crippen molar-refractivity contribution in [1.82, 2.24) is 5.32 Å². The summed E-state index contributed by atoms with van der Waals surface area (Å²) in [6.45, 7) is 9.22. The number of hydrogen-bond acceptors (Lipinski definition) is 2. The normalized spacial score (nSPS) is 13.8. The Morgan fingerprint density at radius 1 is 1.50 bits per heavy atom. The summed E-state index contributed by atoms with van der Waals surface area (Å²) < 4.78 is 4.46. The standard InChI is InChI=1S/C9H19NO2/c1-7(9(2,3)4)6-10-8(11)12-5/h7H,6H2,1-5H3,(H,10,11). The van der Waals surface area contributed by atoms with Crippen LogP contribution in [0.1, 0.15) is 27.7 Å². The van der Waals surface area contributed by atoms with Gasteiger partial charge in [-0.05, 0) is 11.3 Å². The van der Waals surface area contributed by atoms with E-state index in [2.05, 4.69) is 37.7 Å². The Morgan fingerprint density at radius 2 is 2.00 bits per heavy atom. The second kappa shape index (κ2) is 4.33. The molecule has 1 unspecified atom stereocenters. The largest absolute Gasteiger partial charge is 0.453 e. The first-order valence-corrected chi connectivity index (χ1v) is 4.19. The molecular formula is C9H19NO2. The van der Waals surface area contributed by atoms with E-state index in [1.54, 1.807) is 0 Å². The minimum Gasteiger partial charge on any atom is -0.453 e. The van der Waals surface area contributed by atoms with Gasteiger partial charge in [0.1, 0.15) is 0 Å². The van der Waals surface area contributed by atoms with Crippen LogP contribution >= 0.6 is 0 Å². The Balaban J connectivity index is 3.72. The first kappa shape index (κ1) is 11.3. The summed E-state index contributed by atoms with van der Waals surface area (Å²) in [7, 11) is 1.37. The van der Waals surface area contributed by atoms with Crippen LogP contribution in [0.15, 0.2) is 0 Å². The monoisotopic (exact) mass is 173 g/mol. The van der Waals surface area contributed by atoms with Gasteiger partial charge in [-0.1, -0.05) is 27.7 Å². The smallest absolute Gasteiger partial charge is 0.406 e. The summed E-state index contributed by atoms with van der Waals surface area (Å²) in [4.78, 5) is 10.7. The van der Waals surface area contributed by atoms with E-state index >= 15 is 0 Å². The Labute approximate surface area is 74.5 Å². The first-order chi connectivity index (χ1) is 5.38. The third-order valence-corrected chi connectivity index (χ3v) is 2.22. The highest BCUT2D eigenvalue weighted by Gasteiger charge is 2.20. The first-order valence-electron chi connectivity index (χ1n) is 4.19. The van der Waals surface area contributed by atoms with Crippen molar-refractivity contribution in [1.29, 1.82) is 0 Å². The number of nitrogens with one attached hydrogen (secondary N) is 1. The maximum Gasteiger partial charge on any atom is 0.406 e. The van der Waals surface area contributed by atoms with E-state index in [1.807, 2.05) is 0 Å². The summed E-state index contributed by atoms with van der Waals surface area (Å²) in [5.41, 5.74) is 0.223. The highest BCUT2D eigenvalue weighted by atomic mass is 16.5. The van der Waals surface area contributed by atoms with Gasteiger partial charge < -0.3 is 10.1 Å². The van der Waals surface area contributed by atoms with E-state index in [0.717, 1.165) is 0 Å². The molecule has 1 amide bonds. The molecule has 0 spiro atoms. The molecule has 0 saturated heterocycles. The number of rotatable bonds is 2. The number of methoxy groups -OCH3 is 1. The molecule has 0 rings (SSSR count). The fourth-order valence-electron chi connectivity index (χ4n) is 0.615. The van der Waals surface area contributed by atoms with Crippen molar-refractivity contribution < 1.29 is 9.53 Å². The van der Waals surface area contributed by atoms with Gasteiger partial charge in [0, 0.05) is 6.54 Å². The topological polar surface area (TPSA) is 38.3 Å². The Bertz CT molecular complexity index is 149. The number of alkyl carbamates (subject to hydrolysis) is 1. The van der Waals surface area contributed by atoms with Crippen LogP contribution in [0.25, 0.3) is 0 Å². The number of amides is 1. The van der Waals surface area contributed by atoms with Gasteiger partial charge in [0.2, 0.25) is 0 Å². The van der Waals surface area contributed by atoms with Gasteiger partial charge in [-0.15, -0.1) is 0 Å². The third kappa shape index (κ3) is 4.21. The molecule has 12 heavy (non-hydrogen) atoms. The SMILES string of the molecule is COC(=O)NCC(C)C(C)(C)C. The summed E-state index contributed by atoms with van der Waals surface area (Å²) in [6.07, 6.45) is -0.355. The van der Waals surface area contributed by atoms with Crippen LogP contribution < -0.4 is 5.32 Å². The van der Waals surface area contributed by atoms with E-state index in [1.165, 1.54) is 7.11 Å². The van der Waals surface area contributed by atoms with Gasteiger partial charge in [-0.2, -0.15) is 0 Å². The molecule has 0 heterocycles. The van der Waals surface area contributed by atoms with Crippen molar-refractivity contribution >= 4 is 6.09 Å². The van der Waals surface area contributed by atoms with E-state index in [-0.39, 0.29) is 11.5 Å². The molecule has 3 nitrogen and oxygen atoms in total. The van der Waals surface area contributed by atoms with Crippen molar-refractivity contribution in [3.63, 3.8) is 0 Å². The van der Waals surface area contributed by atoms with Gasteiger partial charge in [-0.25, -0.2) is 4.79 Å². The van der Waals surface area contributed by atoms with E-state index < -0.39 is 0 Å². The predicted octanol–water partition coefficient (Wildman–Crippen LogP) is 2.02. The third-order valence-electron chi connectivity index (χ3n) is 2.22. The molecule has 0 aliphatic carbocycles. The molecule has 0 bridgehead atoms. The van der Waals surface area contributed by atoms with Crippen molar-refractivity contribution in [2.24, 2.45) is 11.3 Å². The van der Waals surface area contributed by atoms with Crippen LogP contribution in [0.4, 0.5) is 4.79 Å². The van der Waals surface area contributed by atoms with Crippen LogP contribution in [-0.2, 0) is 4.74 Å². The van der Waals surface area contributed by atoms with Crippen LogP contribution in [0.3, 0.4) is 0 Å². The number of ether oxygens (including phenoxy) is 1. The number of carbonyl (C=O) groups is 1. The molecule has 1 atom stereocenters. The van der Waals surface area contributed by atoms with Gasteiger partial charge in [-0.3, -0.25) is 0 Å². The van der Waals surface area contributed by atoms with Crippen LogP contribution in [0.2, 0.25) is 0 Å². The Morgan fingerprint density at radius 3 is 2.33 bits per heavy atom. The number of carbonyl (C=O) groups excluding carboxylic acids is 1. The summed E-state index contributed by atoms with van der Waals surface area (Å²) in [6, 6.07) is 0. The second-order valence-electron chi connectivity index (χ2n) is 4.14. The quantitative estimate of drug-likeness (QED) is 0.693. The van der Waals surface area contributed by atoms with Crippen LogP contribution in [0, 0.1) is 11.3 Å². The maximum atomic E-state index is 10.7. The summed E-state index contributed by atoms with van der Waals surface area (Å²) in [5.74, 6) is 0.441. The lowest BCUT2D eigenvalue weighted by Gasteiger charge is -2.26. The van der Waals surface area contributed by atoms with E-state index in [9.17, 15) is 4.79 Å². The molecule has 0 aliphatic heterocycles. The lowest BCUT2D eigenvalue weighted by Crippen LogP contribution is -2.33. The predicted molar refractivity (Wildman–Crippen MR) is 49.0 cm³/mol. The molecule has 3 heteroatoms. The van der Waals surface area contributed by atoms with Crippen molar-refractivity contribution in [3.05, 3.63) is 0 Å². The molecule has 0 aromatic carbocycles. The van der Waals surface area contributed by atoms with Gasteiger partial charge in [0.05, 0.1) is 7.11 Å². The zero-order valence-corrected chi connectivity index (χ0v) is 8.60. The maximum absolute atomic E-state index is 10.7. The van der Waals surface area contributed by atoms with Gasteiger partial charge in [0.25, 0.3) is 0 Å². The number of hydrogen-bond donors (Lipinski definition) is 1. The highest BCUT2D eigenvalue weighted by molar-refractivity contribution is 5.66. The molecule has 0 aromatic rings. The molecule has 0 radical (unpaired) electrons. The zero-order chi connectivity index (χ0) is 9.78. The molecule has 72 valence electrons. The molecule has 0 saturated carbocycles. The molecule has 1 N–H and O–H groups in total.